The van der Waals surface area contributed by atoms with Crippen molar-refractivity contribution in [2.45, 2.75) is 51.6 Å². The Labute approximate surface area is 169 Å². The van der Waals surface area contributed by atoms with Gasteiger partial charge in [-0.25, -0.2) is 4.79 Å². The highest BCUT2D eigenvalue weighted by Gasteiger charge is 2.41. The fourth-order valence-corrected chi connectivity index (χ4v) is 4.28. The largest absolute Gasteiger partial charge is 0.425 e. The Morgan fingerprint density at radius 2 is 1.76 bits per heavy atom. The smallest absolute Gasteiger partial charge is 0.334 e. The number of ether oxygens (including phenoxy) is 1. The highest BCUT2D eigenvalue weighted by Crippen LogP contribution is 2.40. The lowest BCUT2D eigenvalue weighted by atomic mass is 9.82. The number of nitrogens with one attached hydrogen (secondary N) is 1. The van der Waals surface area contributed by atoms with Crippen LogP contribution in [0, 0.1) is 0 Å². The number of carbonyl (C=O) groups is 3. The fraction of sp³-hybridized carbons (Fsp3) is 0.348. The third-order valence-corrected chi connectivity index (χ3v) is 5.62. The number of hydrogen-bond donors (Lipinski definition) is 1. The Kier molecular flexibility index (Phi) is 4.45. The minimum absolute atomic E-state index is 0.00457. The van der Waals surface area contributed by atoms with E-state index in [0.29, 0.717) is 22.8 Å². The SMILES string of the molecule is C[C@H]1CC(C)(C)Nc2ccc(OC(=O)[C@H](C)N3C(=O)c4ccccc4C3=O)cc21. The molecule has 0 spiro atoms. The lowest BCUT2D eigenvalue weighted by Gasteiger charge is -2.37. The third-order valence-electron chi connectivity index (χ3n) is 5.62. The van der Waals surface area contributed by atoms with Crippen molar-refractivity contribution in [3.05, 3.63) is 59.2 Å². The van der Waals surface area contributed by atoms with Gasteiger partial charge in [-0.3, -0.25) is 14.5 Å². The first-order valence-corrected chi connectivity index (χ1v) is 9.79. The maximum atomic E-state index is 12.7. The van der Waals surface area contributed by atoms with Gasteiger partial charge in [0.25, 0.3) is 11.8 Å². The second-order valence-electron chi connectivity index (χ2n) is 8.49. The number of benzene rings is 2. The van der Waals surface area contributed by atoms with Crippen LogP contribution in [0.1, 0.15) is 66.3 Å². The van der Waals surface area contributed by atoms with Gasteiger partial charge in [-0.05, 0) is 69.0 Å². The summed E-state index contributed by atoms with van der Waals surface area (Å²) >= 11 is 0. The zero-order chi connectivity index (χ0) is 20.9. The van der Waals surface area contributed by atoms with Crippen LogP contribution in [0.15, 0.2) is 42.5 Å². The first-order chi connectivity index (χ1) is 13.7. The Bertz CT molecular complexity index is 992. The van der Waals surface area contributed by atoms with E-state index in [1.165, 1.54) is 6.92 Å². The number of hydrogen-bond acceptors (Lipinski definition) is 5. The molecule has 0 aromatic heterocycles. The lowest BCUT2D eigenvalue weighted by molar-refractivity contribution is -0.138. The standard InChI is InChI=1S/C23H24N2O4/c1-13-12-23(3,4)24-19-10-9-15(11-18(13)19)29-22(28)14(2)25-20(26)16-7-5-6-8-17(16)21(25)27/h5-11,13-14,24H,12H2,1-4H3/t13-,14-/m0/s1. The summed E-state index contributed by atoms with van der Waals surface area (Å²) in [6, 6.07) is 11.0. The normalized spacial score (nSPS) is 20.6. The van der Waals surface area contributed by atoms with Gasteiger partial charge in [0.05, 0.1) is 11.1 Å². The minimum atomic E-state index is -1.02. The van der Waals surface area contributed by atoms with Crippen molar-refractivity contribution in [2.75, 3.05) is 5.32 Å². The van der Waals surface area contributed by atoms with Gasteiger partial charge in [-0.15, -0.1) is 0 Å². The average molecular weight is 392 g/mol. The number of anilines is 1. The van der Waals surface area contributed by atoms with Crippen molar-refractivity contribution in [3.8, 4) is 5.75 Å². The molecule has 2 aliphatic rings. The Morgan fingerprint density at radius 1 is 1.14 bits per heavy atom. The first-order valence-electron chi connectivity index (χ1n) is 9.79. The molecule has 4 rings (SSSR count). The van der Waals surface area contributed by atoms with Gasteiger partial charge in [0, 0.05) is 11.2 Å². The summed E-state index contributed by atoms with van der Waals surface area (Å²) in [6.07, 6.45) is 0.961. The lowest BCUT2D eigenvalue weighted by Crippen LogP contribution is -2.44. The van der Waals surface area contributed by atoms with E-state index in [4.69, 9.17) is 4.74 Å². The molecule has 1 N–H and O–H groups in total. The van der Waals surface area contributed by atoms with Crippen LogP contribution in [0.4, 0.5) is 5.69 Å². The van der Waals surface area contributed by atoms with Crippen LogP contribution in [0.5, 0.6) is 5.75 Å². The van der Waals surface area contributed by atoms with Crippen LogP contribution in [-0.4, -0.2) is 34.3 Å². The molecule has 150 valence electrons. The molecule has 2 heterocycles. The maximum Gasteiger partial charge on any atom is 0.334 e. The predicted molar refractivity (Wildman–Crippen MR) is 109 cm³/mol. The molecular weight excluding hydrogens is 368 g/mol. The summed E-state index contributed by atoms with van der Waals surface area (Å²) in [5.74, 6) is -0.864. The molecule has 6 nitrogen and oxygen atoms in total. The van der Waals surface area contributed by atoms with Gasteiger partial charge in [-0.2, -0.15) is 0 Å². The molecule has 0 unspecified atom stereocenters. The van der Waals surface area contributed by atoms with Crippen LogP contribution in [0.2, 0.25) is 0 Å². The fourth-order valence-electron chi connectivity index (χ4n) is 4.28. The number of carbonyl (C=O) groups excluding carboxylic acids is 3. The zero-order valence-electron chi connectivity index (χ0n) is 17.0. The summed E-state index contributed by atoms with van der Waals surface area (Å²) in [7, 11) is 0. The summed E-state index contributed by atoms with van der Waals surface area (Å²) in [6.45, 7) is 7.97. The van der Waals surface area contributed by atoms with E-state index >= 15 is 0 Å². The summed E-state index contributed by atoms with van der Waals surface area (Å²) in [5, 5.41) is 3.50. The zero-order valence-corrected chi connectivity index (χ0v) is 17.0. The molecule has 2 amide bonds. The monoisotopic (exact) mass is 392 g/mol. The van der Waals surface area contributed by atoms with E-state index in [1.807, 2.05) is 12.1 Å². The molecule has 0 aliphatic carbocycles. The molecule has 2 aliphatic heterocycles. The van der Waals surface area contributed by atoms with Crippen molar-refractivity contribution in [1.82, 2.24) is 4.90 Å². The first kappa shape index (κ1) is 19.2. The second-order valence-corrected chi connectivity index (χ2v) is 8.49. The number of amides is 2. The van der Waals surface area contributed by atoms with Crippen molar-refractivity contribution in [3.63, 3.8) is 0 Å². The second kappa shape index (κ2) is 6.72. The number of nitrogens with zero attached hydrogens (tertiary/aromatic N) is 1. The van der Waals surface area contributed by atoms with Gasteiger partial charge < -0.3 is 10.1 Å². The van der Waals surface area contributed by atoms with Crippen molar-refractivity contribution in [1.29, 1.82) is 0 Å². The van der Waals surface area contributed by atoms with Gasteiger partial charge in [0.15, 0.2) is 0 Å². The van der Waals surface area contributed by atoms with Crippen LogP contribution in [0.25, 0.3) is 0 Å². The molecule has 2 aromatic carbocycles. The van der Waals surface area contributed by atoms with E-state index in [2.05, 4.69) is 26.1 Å². The van der Waals surface area contributed by atoms with Crippen molar-refractivity contribution >= 4 is 23.5 Å². The molecule has 29 heavy (non-hydrogen) atoms. The molecule has 0 saturated carbocycles. The Hall–Kier alpha value is -3.15. The van der Waals surface area contributed by atoms with Crippen LogP contribution in [-0.2, 0) is 4.79 Å². The highest BCUT2D eigenvalue weighted by molar-refractivity contribution is 6.22. The van der Waals surface area contributed by atoms with E-state index in [-0.39, 0.29) is 5.54 Å². The third kappa shape index (κ3) is 3.28. The molecule has 0 bridgehead atoms. The maximum absolute atomic E-state index is 12.7. The topological polar surface area (TPSA) is 75.7 Å². The minimum Gasteiger partial charge on any atom is -0.425 e. The van der Waals surface area contributed by atoms with E-state index in [0.717, 1.165) is 22.6 Å². The van der Waals surface area contributed by atoms with E-state index < -0.39 is 23.8 Å². The number of fused-ring (bicyclic) bond motifs is 2. The highest BCUT2D eigenvalue weighted by atomic mass is 16.5. The van der Waals surface area contributed by atoms with Gasteiger partial charge >= 0.3 is 5.97 Å². The Morgan fingerprint density at radius 3 is 2.38 bits per heavy atom. The average Bonchev–Trinajstić information content (AvgIpc) is 2.92. The van der Waals surface area contributed by atoms with Crippen molar-refractivity contribution in [2.24, 2.45) is 0 Å². The molecule has 0 fully saturated rings. The molecule has 0 saturated heterocycles. The van der Waals surface area contributed by atoms with Gasteiger partial charge in [0.1, 0.15) is 11.8 Å². The quantitative estimate of drug-likeness (QED) is 0.486. The summed E-state index contributed by atoms with van der Waals surface area (Å²) in [5.41, 5.74) is 2.75. The van der Waals surface area contributed by atoms with Crippen molar-refractivity contribution < 1.29 is 19.1 Å². The predicted octanol–water partition coefficient (Wildman–Crippen LogP) is 3.97. The molecular formula is C23H24N2O4. The number of esters is 1. The van der Waals surface area contributed by atoms with Gasteiger partial charge in [-0.1, -0.05) is 19.1 Å². The molecule has 6 heteroatoms. The van der Waals surface area contributed by atoms with E-state index in [1.54, 1.807) is 30.3 Å². The summed E-state index contributed by atoms with van der Waals surface area (Å²) in [4.78, 5) is 38.9. The summed E-state index contributed by atoms with van der Waals surface area (Å²) < 4.78 is 5.54. The molecule has 2 aromatic rings. The van der Waals surface area contributed by atoms with Gasteiger partial charge in [0.2, 0.25) is 0 Å². The van der Waals surface area contributed by atoms with Crippen LogP contribution < -0.4 is 10.1 Å². The molecule has 2 atom stereocenters. The molecule has 0 radical (unpaired) electrons. The van der Waals surface area contributed by atoms with Crippen LogP contribution >= 0.6 is 0 Å². The number of rotatable bonds is 3. The van der Waals surface area contributed by atoms with Crippen LogP contribution in [0.3, 0.4) is 0 Å². The number of imide groups is 1. The Balaban J connectivity index is 1.53. The van der Waals surface area contributed by atoms with E-state index in [9.17, 15) is 14.4 Å².